The Bertz CT molecular complexity index is 1800. The van der Waals surface area contributed by atoms with Gasteiger partial charge in [0.15, 0.2) is 11.5 Å². The summed E-state index contributed by atoms with van der Waals surface area (Å²) in [5.41, 5.74) is 3.28. The van der Waals surface area contributed by atoms with Gasteiger partial charge in [0.05, 0.1) is 32.5 Å². The number of rotatable bonds is 8. The molecule has 4 aromatic rings. The van der Waals surface area contributed by atoms with Crippen LogP contribution in [-0.2, 0) is 9.53 Å². The van der Waals surface area contributed by atoms with Crippen molar-refractivity contribution in [3.63, 3.8) is 0 Å². The van der Waals surface area contributed by atoms with Crippen LogP contribution >= 0.6 is 0 Å². The minimum absolute atomic E-state index is 0.0378. The first kappa shape index (κ1) is 32.1. The van der Waals surface area contributed by atoms with E-state index in [1.165, 1.54) is 0 Å². The Balaban J connectivity index is 1.29. The zero-order valence-electron chi connectivity index (χ0n) is 27.0. The van der Waals surface area contributed by atoms with Gasteiger partial charge in [-0.15, -0.1) is 0 Å². The minimum Gasteiger partial charge on any atom is -0.493 e. The van der Waals surface area contributed by atoms with Crippen molar-refractivity contribution in [3.8, 4) is 28.7 Å². The number of pyridine rings is 1. The van der Waals surface area contributed by atoms with Gasteiger partial charge >= 0.3 is 6.09 Å². The highest BCUT2D eigenvalue weighted by Gasteiger charge is 2.28. The van der Waals surface area contributed by atoms with Crippen LogP contribution in [0.3, 0.4) is 0 Å². The number of nitriles is 1. The lowest BCUT2D eigenvalue weighted by Crippen LogP contribution is -2.42. The first-order valence-electron chi connectivity index (χ1n) is 15.1. The molecule has 1 aliphatic heterocycles. The normalized spacial score (nSPS) is 14.9. The van der Waals surface area contributed by atoms with E-state index >= 15 is 0 Å². The number of methoxy groups -OCH3 is 2. The van der Waals surface area contributed by atoms with E-state index in [-0.39, 0.29) is 23.8 Å². The van der Waals surface area contributed by atoms with Gasteiger partial charge in [-0.2, -0.15) is 10.4 Å². The Morgan fingerprint density at radius 2 is 1.85 bits per heavy atom. The van der Waals surface area contributed by atoms with E-state index in [1.807, 2.05) is 56.8 Å². The van der Waals surface area contributed by atoms with Gasteiger partial charge in [-0.3, -0.25) is 9.48 Å². The van der Waals surface area contributed by atoms with Crippen molar-refractivity contribution in [1.82, 2.24) is 30.0 Å². The van der Waals surface area contributed by atoms with Gasteiger partial charge in [0.1, 0.15) is 22.9 Å². The van der Waals surface area contributed by atoms with Crippen LogP contribution in [0.4, 0.5) is 4.79 Å². The Labute approximate surface area is 268 Å². The Morgan fingerprint density at radius 1 is 1.11 bits per heavy atom. The van der Waals surface area contributed by atoms with Crippen LogP contribution in [0.25, 0.3) is 28.2 Å². The third-order valence-electron chi connectivity index (χ3n) is 7.91. The zero-order chi connectivity index (χ0) is 33.0. The number of fused-ring (bicyclic) bond motifs is 1. The van der Waals surface area contributed by atoms with Gasteiger partial charge in [-0.1, -0.05) is 6.07 Å². The molecule has 0 radical (unpaired) electrons. The molecule has 240 valence electrons. The molecule has 12 heteroatoms. The second kappa shape index (κ2) is 13.4. The number of piperidine rings is 1. The molecule has 1 fully saturated rings. The molecule has 46 heavy (non-hydrogen) atoms. The molecule has 0 aliphatic carbocycles. The van der Waals surface area contributed by atoms with Crippen molar-refractivity contribution in [2.45, 2.75) is 58.2 Å². The molecule has 1 saturated heterocycles. The van der Waals surface area contributed by atoms with E-state index in [9.17, 15) is 14.9 Å². The topological polar surface area (TPSA) is 147 Å². The van der Waals surface area contributed by atoms with Crippen molar-refractivity contribution >= 4 is 29.1 Å². The number of likely N-dealkylation sites (tertiary alicyclic amines) is 1. The molecular formula is C34H39N7O5. The fourth-order valence-corrected chi connectivity index (χ4v) is 5.41. The molecule has 3 aromatic heterocycles. The van der Waals surface area contributed by atoms with Gasteiger partial charge in [-0.25, -0.2) is 9.78 Å². The number of hydrogen-bond donors (Lipinski definition) is 2. The molecule has 1 atom stereocenters. The lowest BCUT2D eigenvalue weighted by molar-refractivity contribution is -0.117. The predicted molar refractivity (Wildman–Crippen MR) is 173 cm³/mol. The van der Waals surface area contributed by atoms with Gasteiger partial charge in [0.25, 0.3) is 5.91 Å². The molecule has 0 bridgehead atoms. The van der Waals surface area contributed by atoms with Crippen LogP contribution in [0.1, 0.15) is 63.7 Å². The van der Waals surface area contributed by atoms with E-state index in [0.29, 0.717) is 35.8 Å². The lowest BCUT2D eigenvalue weighted by Gasteiger charge is -2.33. The first-order valence-corrected chi connectivity index (χ1v) is 15.1. The average Bonchev–Trinajstić information content (AvgIpc) is 3.70. The number of nitrogens with one attached hydrogen (secondary N) is 2. The van der Waals surface area contributed by atoms with Gasteiger partial charge < -0.3 is 29.4 Å². The van der Waals surface area contributed by atoms with Gasteiger partial charge in [0.2, 0.25) is 0 Å². The highest BCUT2D eigenvalue weighted by Crippen LogP contribution is 2.31. The van der Waals surface area contributed by atoms with Crippen LogP contribution in [0.5, 0.6) is 11.5 Å². The second-order valence-electron chi connectivity index (χ2n) is 12.3. The van der Waals surface area contributed by atoms with Crippen LogP contribution in [-0.4, -0.2) is 69.6 Å². The highest BCUT2D eigenvalue weighted by molar-refractivity contribution is 6.04. The van der Waals surface area contributed by atoms with Crippen LogP contribution in [0.15, 0.2) is 54.6 Å². The number of benzene rings is 1. The third kappa shape index (κ3) is 7.15. The maximum absolute atomic E-state index is 13.1. The quantitative estimate of drug-likeness (QED) is 0.184. The molecule has 1 aliphatic rings. The molecule has 0 unspecified atom stereocenters. The molecule has 12 nitrogen and oxygen atoms in total. The summed E-state index contributed by atoms with van der Waals surface area (Å²) in [6.45, 7) is 8.63. The SMILES string of the molecule is COc1ccc([C@@H](C)NC(=O)/C(C#N)=C/c2c[nH]c3ncc(-c4cnn(C5CCN(C(=O)OC(C)(C)C)CC5)c4)cc23)cc1OC. The van der Waals surface area contributed by atoms with Crippen molar-refractivity contribution in [3.05, 3.63) is 65.8 Å². The summed E-state index contributed by atoms with van der Waals surface area (Å²) in [4.78, 5) is 35.0. The van der Waals surface area contributed by atoms with E-state index in [2.05, 4.69) is 20.4 Å². The maximum atomic E-state index is 13.1. The molecule has 2 amide bonds. The van der Waals surface area contributed by atoms with E-state index in [1.54, 1.807) is 55.9 Å². The minimum atomic E-state index is -0.525. The summed E-state index contributed by atoms with van der Waals surface area (Å²) in [7, 11) is 3.11. The summed E-state index contributed by atoms with van der Waals surface area (Å²) < 4.78 is 18.1. The molecule has 0 spiro atoms. The predicted octanol–water partition coefficient (Wildman–Crippen LogP) is 5.80. The fraction of sp³-hybridized carbons (Fsp3) is 0.382. The van der Waals surface area contributed by atoms with Crippen molar-refractivity contribution < 1.29 is 23.8 Å². The number of ether oxygens (including phenoxy) is 3. The van der Waals surface area contributed by atoms with Crippen LogP contribution in [0.2, 0.25) is 0 Å². The average molecular weight is 626 g/mol. The summed E-state index contributed by atoms with van der Waals surface area (Å²) in [5, 5.41) is 18.2. The number of H-pyrrole nitrogens is 1. The molecule has 1 aromatic carbocycles. The van der Waals surface area contributed by atoms with E-state index in [4.69, 9.17) is 14.2 Å². The van der Waals surface area contributed by atoms with Crippen molar-refractivity contribution in [2.75, 3.05) is 27.3 Å². The van der Waals surface area contributed by atoms with Gasteiger partial charge in [0, 0.05) is 53.8 Å². The maximum Gasteiger partial charge on any atom is 0.410 e. The van der Waals surface area contributed by atoms with Crippen LogP contribution in [0, 0.1) is 11.3 Å². The van der Waals surface area contributed by atoms with Gasteiger partial charge in [-0.05, 0) is 70.4 Å². The largest absolute Gasteiger partial charge is 0.493 e. The number of aromatic nitrogens is 4. The molecule has 0 saturated carbocycles. The van der Waals surface area contributed by atoms with Crippen molar-refractivity contribution in [2.24, 2.45) is 0 Å². The fourth-order valence-electron chi connectivity index (χ4n) is 5.41. The number of nitrogens with zero attached hydrogens (tertiary/aromatic N) is 5. The molecule has 5 rings (SSSR count). The molecule has 4 heterocycles. The monoisotopic (exact) mass is 625 g/mol. The van der Waals surface area contributed by atoms with E-state index < -0.39 is 11.5 Å². The number of carbonyl (C=O) groups is 2. The number of amides is 2. The third-order valence-corrected chi connectivity index (χ3v) is 7.91. The lowest BCUT2D eigenvalue weighted by atomic mass is 10.0. The first-order chi connectivity index (χ1) is 22.0. The van der Waals surface area contributed by atoms with Crippen LogP contribution < -0.4 is 14.8 Å². The Kier molecular flexibility index (Phi) is 9.32. The number of carbonyl (C=O) groups excluding carboxylic acids is 2. The number of hydrogen-bond acceptors (Lipinski definition) is 8. The highest BCUT2D eigenvalue weighted by atomic mass is 16.6. The Hall–Kier alpha value is -5.31. The standard InChI is InChI=1S/C34H39N7O5/c1-21(22-7-8-29(44-5)30(15-22)45-6)39-32(42)23(16-35)13-25-18-37-31-28(25)14-24(17-36-31)26-19-38-41(20-26)27-9-11-40(12-10-27)33(43)46-34(2,3)4/h7-8,13-15,17-21,27H,9-12H2,1-6H3,(H,36,37)(H,39,42)/b23-13+/t21-/m1/s1. The summed E-state index contributed by atoms with van der Waals surface area (Å²) >= 11 is 0. The smallest absolute Gasteiger partial charge is 0.410 e. The zero-order valence-corrected chi connectivity index (χ0v) is 27.0. The van der Waals surface area contributed by atoms with E-state index in [0.717, 1.165) is 34.9 Å². The molecule has 2 N–H and O–H groups in total. The summed E-state index contributed by atoms with van der Waals surface area (Å²) in [6.07, 6.45) is 10.1. The number of aromatic amines is 1. The molecular weight excluding hydrogens is 586 g/mol. The summed E-state index contributed by atoms with van der Waals surface area (Å²) in [5.74, 6) is 0.637. The summed E-state index contributed by atoms with van der Waals surface area (Å²) in [6, 6.07) is 9.18. The Morgan fingerprint density at radius 3 is 2.52 bits per heavy atom. The second-order valence-corrected chi connectivity index (χ2v) is 12.3. The van der Waals surface area contributed by atoms with Crippen molar-refractivity contribution in [1.29, 1.82) is 5.26 Å².